The molecular weight excluding hydrogens is 274 g/mol. The van der Waals surface area contributed by atoms with E-state index in [1.54, 1.807) is 0 Å². The van der Waals surface area contributed by atoms with Crippen LogP contribution >= 0.6 is 11.6 Å². The van der Waals surface area contributed by atoms with Crippen LogP contribution in [0.2, 0.25) is 5.02 Å². The van der Waals surface area contributed by atoms with Crippen LogP contribution in [0.5, 0.6) is 0 Å². The summed E-state index contributed by atoms with van der Waals surface area (Å²) in [6.45, 7) is 4.10. The largest absolute Gasteiger partial charge is 0.310 e. The predicted molar refractivity (Wildman–Crippen MR) is 78.9 cm³/mol. The monoisotopic (exact) mass is 289 g/mol. The van der Waals surface area contributed by atoms with Crippen LogP contribution < -0.4 is 5.56 Å². The smallest absolute Gasteiger partial charge is 0.255 e. The maximum atomic E-state index is 12.0. The van der Waals surface area contributed by atoms with Gasteiger partial charge in [0.2, 0.25) is 0 Å². The summed E-state index contributed by atoms with van der Waals surface area (Å²) in [7, 11) is 0. The number of benzene rings is 1. The zero-order valence-corrected chi connectivity index (χ0v) is 12.1. The third-order valence-corrected chi connectivity index (χ3v) is 3.99. The number of aromatic amines is 1. The van der Waals surface area contributed by atoms with Gasteiger partial charge in [-0.3, -0.25) is 9.69 Å². The zero-order valence-electron chi connectivity index (χ0n) is 11.3. The molecule has 1 N–H and O–H groups in total. The number of halogens is 1. The number of aromatic nitrogens is 2. The lowest BCUT2D eigenvalue weighted by Crippen LogP contribution is -2.35. The summed E-state index contributed by atoms with van der Waals surface area (Å²) in [5, 5.41) is 0.772. The van der Waals surface area contributed by atoms with E-state index in [1.807, 2.05) is 31.2 Å². The number of hydrogen-bond donors (Lipinski definition) is 1. The molecule has 20 heavy (non-hydrogen) atoms. The van der Waals surface area contributed by atoms with Crippen LogP contribution in [0, 0.1) is 6.92 Å². The first-order valence-corrected chi connectivity index (χ1v) is 7.05. The van der Waals surface area contributed by atoms with Crippen molar-refractivity contribution < 1.29 is 0 Å². The van der Waals surface area contributed by atoms with Crippen LogP contribution in [0.15, 0.2) is 29.1 Å². The molecule has 0 radical (unpaired) electrons. The summed E-state index contributed by atoms with van der Waals surface area (Å²) in [6, 6.07) is 7.83. The van der Waals surface area contributed by atoms with E-state index in [0.29, 0.717) is 12.4 Å². The number of H-pyrrole nitrogens is 1. The quantitative estimate of drug-likeness (QED) is 0.923. The van der Waals surface area contributed by atoms with Gasteiger partial charge >= 0.3 is 0 Å². The molecule has 104 valence electrons. The van der Waals surface area contributed by atoms with E-state index in [0.717, 1.165) is 41.4 Å². The van der Waals surface area contributed by atoms with Crippen LogP contribution in [0.1, 0.15) is 22.6 Å². The van der Waals surface area contributed by atoms with Crippen molar-refractivity contribution in [3.63, 3.8) is 0 Å². The number of nitrogens with one attached hydrogen (secondary N) is 1. The highest BCUT2D eigenvalue weighted by atomic mass is 35.5. The topological polar surface area (TPSA) is 49.0 Å². The summed E-state index contributed by atoms with van der Waals surface area (Å²) in [4.78, 5) is 21.4. The molecule has 2 heterocycles. The van der Waals surface area contributed by atoms with Crippen molar-refractivity contribution in [3.05, 3.63) is 62.3 Å². The Morgan fingerprint density at radius 1 is 1.40 bits per heavy atom. The molecule has 3 rings (SSSR count). The normalized spacial score (nSPS) is 15.1. The summed E-state index contributed by atoms with van der Waals surface area (Å²) in [6.07, 6.45) is 0.810. The molecule has 0 saturated heterocycles. The Labute approximate surface area is 122 Å². The molecule has 0 saturated carbocycles. The van der Waals surface area contributed by atoms with E-state index in [2.05, 4.69) is 14.9 Å². The Bertz CT molecular complexity index is 696. The lowest BCUT2D eigenvalue weighted by Gasteiger charge is -2.27. The summed E-state index contributed by atoms with van der Waals surface area (Å²) in [5.74, 6) is 0.688. The van der Waals surface area contributed by atoms with Gasteiger partial charge in [-0.2, -0.15) is 0 Å². The zero-order chi connectivity index (χ0) is 14.1. The van der Waals surface area contributed by atoms with Crippen LogP contribution in [0.25, 0.3) is 0 Å². The van der Waals surface area contributed by atoms with E-state index in [4.69, 9.17) is 11.6 Å². The molecule has 0 spiro atoms. The summed E-state index contributed by atoms with van der Waals surface area (Å²) >= 11 is 6.19. The number of aryl methyl sites for hydroxylation is 1. The Kier molecular flexibility index (Phi) is 3.59. The predicted octanol–water partition coefficient (Wildman–Crippen LogP) is 2.29. The molecule has 0 bridgehead atoms. The van der Waals surface area contributed by atoms with Gasteiger partial charge in [-0.15, -0.1) is 0 Å². The van der Waals surface area contributed by atoms with Gasteiger partial charge in [0.05, 0.1) is 11.3 Å². The van der Waals surface area contributed by atoms with E-state index < -0.39 is 0 Å². The second-order valence-corrected chi connectivity index (χ2v) is 5.54. The summed E-state index contributed by atoms with van der Waals surface area (Å²) in [5.41, 5.74) is 2.79. The lowest BCUT2D eigenvalue weighted by atomic mass is 10.1. The third-order valence-electron chi connectivity index (χ3n) is 3.62. The SMILES string of the molecule is Cc1nc2c(c(=O)[nH]1)CN(Cc1ccccc1Cl)CC2. The average Bonchev–Trinajstić information content (AvgIpc) is 2.42. The molecule has 0 aliphatic carbocycles. The molecular formula is C15H16ClN3O. The van der Waals surface area contributed by atoms with Crippen molar-refractivity contribution in [2.45, 2.75) is 26.4 Å². The Balaban J connectivity index is 1.83. The second kappa shape index (κ2) is 5.38. The minimum atomic E-state index is -0.0173. The van der Waals surface area contributed by atoms with Crippen molar-refractivity contribution in [2.24, 2.45) is 0 Å². The molecule has 0 unspecified atom stereocenters. The van der Waals surface area contributed by atoms with Crippen molar-refractivity contribution >= 4 is 11.6 Å². The van der Waals surface area contributed by atoms with Crippen LogP contribution in [0.3, 0.4) is 0 Å². The first-order chi connectivity index (χ1) is 9.63. The number of rotatable bonds is 2. The average molecular weight is 290 g/mol. The fourth-order valence-corrected chi connectivity index (χ4v) is 2.80. The molecule has 2 aromatic rings. The second-order valence-electron chi connectivity index (χ2n) is 5.13. The molecule has 1 aliphatic heterocycles. The van der Waals surface area contributed by atoms with Crippen molar-refractivity contribution in [1.82, 2.24) is 14.9 Å². The first kappa shape index (κ1) is 13.3. The highest BCUT2D eigenvalue weighted by molar-refractivity contribution is 6.31. The first-order valence-electron chi connectivity index (χ1n) is 6.68. The standard InChI is InChI=1S/C15H16ClN3O/c1-10-17-14-6-7-19(9-12(14)15(20)18-10)8-11-4-2-3-5-13(11)16/h2-5H,6-9H2,1H3,(H,17,18,20). The molecule has 1 aromatic carbocycles. The van der Waals surface area contributed by atoms with Crippen molar-refractivity contribution in [3.8, 4) is 0 Å². The van der Waals surface area contributed by atoms with E-state index in [-0.39, 0.29) is 5.56 Å². The molecule has 0 fully saturated rings. The molecule has 0 atom stereocenters. The lowest BCUT2D eigenvalue weighted by molar-refractivity contribution is 0.241. The van der Waals surface area contributed by atoms with Gasteiger partial charge in [-0.1, -0.05) is 29.8 Å². The summed E-state index contributed by atoms with van der Waals surface area (Å²) < 4.78 is 0. The molecule has 4 nitrogen and oxygen atoms in total. The van der Waals surface area contributed by atoms with Crippen molar-refractivity contribution in [2.75, 3.05) is 6.54 Å². The minimum Gasteiger partial charge on any atom is -0.310 e. The van der Waals surface area contributed by atoms with E-state index in [1.165, 1.54) is 0 Å². The van der Waals surface area contributed by atoms with Gasteiger partial charge in [-0.25, -0.2) is 4.98 Å². The Morgan fingerprint density at radius 2 is 2.20 bits per heavy atom. The fraction of sp³-hybridized carbons (Fsp3) is 0.333. The van der Waals surface area contributed by atoms with Gasteiger partial charge in [0, 0.05) is 31.1 Å². The number of hydrogen-bond acceptors (Lipinski definition) is 3. The number of nitrogens with zero attached hydrogens (tertiary/aromatic N) is 2. The molecule has 5 heteroatoms. The molecule has 0 amide bonds. The van der Waals surface area contributed by atoms with Crippen LogP contribution in [-0.2, 0) is 19.5 Å². The van der Waals surface area contributed by atoms with Crippen LogP contribution in [-0.4, -0.2) is 21.4 Å². The Morgan fingerprint density at radius 3 is 3.00 bits per heavy atom. The van der Waals surface area contributed by atoms with Gasteiger partial charge < -0.3 is 4.98 Å². The molecule has 1 aromatic heterocycles. The van der Waals surface area contributed by atoms with Gasteiger partial charge in [-0.05, 0) is 18.6 Å². The Hall–Kier alpha value is -1.65. The third kappa shape index (κ3) is 2.62. The molecule has 1 aliphatic rings. The highest BCUT2D eigenvalue weighted by Gasteiger charge is 2.21. The van der Waals surface area contributed by atoms with Gasteiger partial charge in [0.15, 0.2) is 0 Å². The van der Waals surface area contributed by atoms with Gasteiger partial charge in [0.1, 0.15) is 5.82 Å². The van der Waals surface area contributed by atoms with Crippen LogP contribution in [0.4, 0.5) is 0 Å². The minimum absolute atomic E-state index is 0.0173. The number of fused-ring (bicyclic) bond motifs is 1. The highest BCUT2D eigenvalue weighted by Crippen LogP contribution is 2.20. The maximum Gasteiger partial charge on any atom is 0.255 e. The maximum absolute atomic E-state index is 12.0. The van der Waals surface area contributed by atoms with Crippen molar-refractivity contribution in [1.29, 1.82) is 0 Å². The van der Waals surface area contributed by atoms with E-state index >= 15 is 0 Å². The fourth-order valence-electron chi connectivity index (χ4n) is 2.61. The van der Waals surface area contributed by atoms with E-state index in [9.17, 15) is 4.79 Å². The van der Waals surface area contributed by atoms with Gasteiger partial charge in [0.25, 0.3) is 5.56 Å².